The van der Waals surface area contributed by atoms with Crippen LogP contribution in [0, 0.1) is 6.92 Å². The molecule has 0 aromatic heterocycles. The van der Waals surface area contributed by atoms with Gasteiger partial charge < -0.3 is 10.2 Å². The van der Waals surface area contributed by atoms with Crippen LogP contribution >= 0.6 is 0 Å². The van der Waals surface area contributed by atoms with Gasteiger partial charge in [0.15, 0.2) is 0 Å². The molecule has 1 heterocycles. The van der Waals surface area contributed by atoms with Crippen LogP contribution in [0.25, 0.3) is 0 Å². The van der Waals surface area contributed by atoms with Gasteiger partial charge in [0, 0.05) is 31.4 Å². The number of hydrogen-bond acceptors (Lipinski definition) is 2. The maximum Gasteiger partial charge on any atom is 0.0369 e. The summed E-state index contributed by atoms with van der Waals surface area (Å²) in [5.74, 6) is 0. The Balaban J connectivity index is 2.14. The predicted octanol–water partition coefficient (Wildman–Crippen LogP) is 1.79. The SMILES string of the molecule is Cc1cccc(N2CCN[C@@H](C)C2)c1. The van der Waals surface area contributed by atoms with Gasteiger partial charge >= 0.3 is 0 Å². The average molecular weight is 190 g/mol. The van der Waals surface area contributed by atoms with Gasteiger partial charge in [0.25, 0.3) is 0 Å². The summed E-state index contributed by atoms with van der Waals surface area (Å²) in [6, 6.07) is 9.35. The summed E-state index contributed by atoms with van der Waals surface area (Å²) < 4.78 is 0. The molecule has 1 atom stereocenters. The number of nitrogens with one attached hydrogen (secondary N) is 1. The molecule has 1 aliphatic rings. The lowest BCUT2D eigenvalue weighted by Gasteiger charge is -2.33. The molecule has 0 spiro atoms. The Kier molecular flexibility index (Phi) is 2.73. The fourth-order valence-corrected chi connectivity index (χ4v) is 1.99. The minimum Gasteiger partial charge on any atom is -0.369 e. The van der Waals surface area contributed by atoms with Crippen molar-refractivity contribution in [3.8, 4) is 0 Å². The predicted molar refractivity (Wildman–Crippen MR) is 60.9 cm³/mol. The summed E-state index contributed by atoms with van der Waals surface area (Å²) in [6.07, 6.45) is 0. The van der Waals surface area contributed by atoms with Crippen LogP contribution in [0.3, 0.4) is 0 Å². The molecule has 2 nitrogen and oxygen atoms in total. The van der Waals surface area contributed by atoms with Crippen LogP contribution in [-0.4, -0.2) is 25.7 Å². The molecule has 0 radical (unpaired) electrons. The van der Waals surface area contributed by atoms with Crippen molar-refractivity contribution in [2.75, 3.05) is 24.5 Å². The number of piperazine rings is 1. The molecule has 1 fully saturated rings. The molecule has 2 rings (SSSR count). The quantitative estimate of drug-likeness (QED) is 0.726. The zero-order chi connectivity index (χ0) is 9.97. The molecule has 1 N–H and O–H groups in total. The van der Waals surface area contributed by atoms with Crippen molar-refractivity contribution in [3.05, 3.63) is 29.8 Å². The highest BCUT2D eigenvalue weighted by Gasteiger charge is 2.15. The molecule has 14 heavy (non-hydrogen) atoms. The van der Waals surface area contributed by atoms with Gasteiger partial charge in [-0.2, -0.15) is 0 Å². The van der Waals surface area contributed by atoms with E-state index in [1.807, 2.05) is 0 Å². The fraction of sp³-hybridized carbons (Fsp3) is 0.500. The number of nitrogens with zero attached hydrogens (tertiary/aromatic N) is 1. The largest absolute Gasteiger partial charge is 0.369 e. The van der Waals surface area contributed by atoms with Crippen molar-refractivity contribution in [2.24, 2.45) is 0 Å². The lowest BCUT2D eigenvalue weighted by Crippen LogP contribution is -2.49. The molecule has 0 aliphatic carbocycles. The van der Waals surface area contributed by atoms with Crippen molar-refractivity contribution in [2.45, 2.75) is 19.9 Å². The van der Waals surface area contributed by atoms with E-state index in [1.165, 1.54) is 11.3 Å². The average Bonchev–Trinajstić information content (AvgIpc) is 2.18. The second-order valence-corrected chi connectivity index (χ2v) is 4.14. The maximum absolute atomic E-state index is 3.45. The standard InChI is InChI=1S/C12H18N2/c1-10-4-3-5-12(8-10)14-7-6-13-11(2)9-14/h3-5,8,11,13H,6-7,9H2,1-2H3/t11-/m0/s1. The van der Waals surface area contributed by atoms with Gasteiger partial charge in [0.05, 0.1) is 0 Å². The topological polar surface area (TPSA) is 15.3 Å². The molecular weight excluding hydrogens is 172 g/mol. The molecule has 1 aromatic rings. The molecule has 1 aliphatic heterocycles. The summed E-state index contributed by atoms with van der Waals surface area (Å²) in [7, 11) is 0. The minimum absolute atomic E-state index is 0.601. The maximum atomic E-state index is 3.45. The Bertz CT molecular complexity index is 309. The van der Waals surface area contributed by atoms with E-state index in [4.69, 9.17) is 0 Å². The molecule has 0 bridgehead atoms. The first kappa shape index (κ1) is 9.53. The highest BCUT2D eigenvalue weighted by Crippen LogP contribution is 2.17. The lowest BCUT2D eigenvalue weighted by molar-refractivity contribution is 0.485. The highest BCUT2D eigenvalue weighted by molar-refractivity contribution is 5.48. The molecule has 0 amide bonds. The Morgan fingerprint density at radius 1 is 1.43 bits per heavy atom. The van der Waals surface area contributed by atoms with Crippen LogP contribution in [0.15, 0.2) is 24.3 Å². The third kappa shape index (κ3) is 2.07. The third-order valence-corrected chi connectivity index (χ3v) is 2.74. The molecule has 1 aromatic carbocycles. The zero-order valence-electron chi connectivity index (χ0n) is 8.96. The van der Waals surface area contributed by atoms with Gasteiger partial charge in [-0.25, -0.2) is 0 Å². The minimum atomic E-state index is 0.601. The molecule has 0 saturated carbocycles. The van der Waals surface area contributed by atoms with E-state index in [0.717, 1.165) is 19.6 Å². The van der Waals surface area contributed by atoms with Crippen molar-refractivity contribution in [1.29, 1.82) is 0 Å². The van der Waals surface area contributed by atoms with E-state index < -0.39 is 0 Å². The van der Waals surface area contributed by atoms with Crippen molar-refractivity contribution < 1.29 is 0 Å². The summed E-state index contributed by atoms with van der Waals surface area (Å²) in [6.45, 7) is 7.71. The first-order valence-corrected chi connectivity index (χ1v) is 5.31. The van der Waals surface area contributed by atoms with Crippen LogP contribution in [0.5, 0.6) is 0 Å². The summed E-state index contributed by atoms with van der Waals surface area (Å²) in [5, 5.41) is 3.45. The zero-order valence-corrected chi connectivity index (χ0v) is 8.96. The van der Waals surface area contributed by atoms with E-state index in [1.54, 1.807) is 0 Å². The van der Waals surface area contributed by atoms with Crippen molar-refractivity contribution in [1.82, 2.24) is 5.32 Å². The van der Waals surface area contributed by atoms with E-state index in [-0.39, 0.29) is 0 Å². The van der Waals surface area contributed by atoms with Crippen molar-refractivity contribution >= 4 is 5.69 Å². The van der Waals surface area contributed by atoms with E-state index >= 15 is 0 Å². The first-order chi connectivity index (χ1) is 6.75. The monoisotopic (exact) mass is 190 g/mol. The number of aryl methyl sites for hydroxylation is 1. The number of benzene rings is 1. The van der Waals surface area contributed by atoms with Gasteiger partial charge in [-0.15, -0.1) is 0 Å². The Morgan fingerprint density at radius 3 is 3.00 bits per heavy atom. The number of anilines is 1. The van der Waals surface area contributed by atoms with Gasteiger partial charge in [-0.05, 0) is 31.5 Å². The summed E-state index contributed by atoms with van der Waals surface area (Å²) in [4.78, 5) is 2.45. The Labute approximate surface area is 85.9 Å². The lowest BCUT2D eigenvalue weighted by atomic mass is 10.1. The Hall–Kier alpha value is -1.02. The van der Waals surface area contributed by atoms with Crippen LogP contribution in [0.1, 0.15) is 12.5 Å². The van der Waals surface area contributed by atoms with Crippen LogP contribution < -0.4 is 10.2 Å². The van der Waals surface area contributed by atoms with E-state index in [2.05, 4.69) is 48.3 Å². The van der Waals surface area contributed by atoms with Crippen molar-refractivity contribution in [3.63, 3.8) is 0 Å². The van der Waals surface area contributed by atoms with Gasteiger partial charge in [0.1, 0.15) is 0 Å². The normalized spacial score (nSPS) is 22.4. The Morgan fingerprint density at radius 2 is 2.29 bits per heavy atom. The smallest absolute Gasteiger partial charge is 0.0369 e. The van der Waals surface area contributed by atoms with E-state index in [9.17, 15) is 0 Å². The highest BCUT2D eigenvalue weighted by atomic mass is 15.2. The first-order valence-electron chi connectivity index (χ1n) is 5.31. The van der Waals surface area contributed by atoms with Gasteiger partial charge in [-0.1, -0.05) is 12.1 Å². The van der Waals surface area contributed by atoms with Crippen LogP contribution in [0.4, 0.5) is 5.69 Å². The summed E-state index contributed by atoms with van der Waals surface area (Å²) >= 11 is 0. The molecule has 0 unspecified atom stereocenters. The molecule has 1 saturated heterocycles. The second kappa shape index (κ2) is 4.01. The number of rotatable bonds is 1. The second-order valence-electron chi connectivity index (χ2n) is 4.14. The third-order valence-electron chi connectivity index (χ3n) is 2.74. The molecule has 76 valence electrons. The van der Waals surface area contributed by atoms with Crippen LogP contribution in [-0.2, 0) is 0 Å². The van der Waals surface area contributed by atoms with Crippen LogP contribution in [0.2, 0.25) is 0 Å². The number of hydrogen-bond donors (Lipinski definition) is 1. The van der Waals surface area contributed by atoms with E-state index in [0.29, 0.717) is 6.04 Å². The van der Waals surface area contributed by atoms with Gasteiger partial charge in [0.2, 0.25) is 0 Å². The van der Waals surface area contributed by atoms with Gasteiger partial charge in [-0.3, -0.25) is 0 Å². The fourth-order valence-electron chi connectivity index (χ4n) is 1.99. The summed E-state index contributed by atoms with van der Waals surface area (Å²) in [5.41, 5.74) is 2.70. The molecular formula is C12H18N2. The molecule has 2 heteroatoms.